The summed E-state index contributed by atoms with van der Waals surface area (Å²) < 4.78 is 0. The van der Waals surface area contributed by atoms with Crippen molar-refractivity contribution < 1.29 is 5.11 Å². The minimum Gasteiger partial charge on any atom is -0.396 e. The van der Waals surface area contributed by atoms with Gasteiger partial charge in [-0.05, 0) is 6.42 Å². The van der Waals surface area contributed by atoms with Crippen molar-refractivity contribution in [3.63, 3.8) is 0 Å². The average molecular weight is 310 g/mol. The maximum atomic E-state index is 8.67. The van der Waals surface area contributed by atoms with Gasteiger partial charge in [-0.1, -0.05) is 103 Å². The van der Waals surface area contributed by atoms with E-state index >= 15 is 0 Å². The standard InChI is InChI=1S/C18H38O.K/c1-2-3-4-5-6-7-8-9-10-11-12-13-14-15-16-17-18-19;/h19H,2-18H2,1H3;. The van der Waals surface area contributed by atoms with Crippen molar-refractivity contribution in [3.05, 3.63) is 0 Å². The molecule has 0 aliphatic carbocycles. The number of aliphatic hydroxyl groups excluding tert-OH is 1. The molecule has 0 unspecified atom stereocenters. The van der Waals surface area contributed by atoms with E-state index in [1.807, 2.05) is 0 Å². The van der Waals surface area contributed by atoms with E-state index in [0.29, 0.717) is 6.61 Å². The van der Waals surface area contributed by atoms with Crippen molar-refractivity contribution in [2.24, 2.45) is 0 Å². The molecule has 0 aromatic carbocycles. The van der Waals surface area contributed by atoms with E-state index in [1.54, 1.807) is 0 Å². The molecule has 20 heavy (non-hydrogen) atoms. The predicted molar refractivity (Wildman–Crippen MR) is 92.4 cm³/mol. The van der Waals surface area contributed by atoms with E-state index in [1.165, 1.54) is 96.3 Å². The van der Waals surface area contributed by atoms with Gasteiger partial charge in [0.1, 0.15) is 0 Å². The van der Waals surface area contributed by atoms with Crippen molar-refractivity contribution in [3.8, 4) is 0 Å². The van der Waals surface area contributed by atoms with Crippen molar-refractivity contribution in [2.75, 3.05) is 6.61 Å². The second-order valence-corrected chi connectivity index (χ2v) is 6.03. The van der Waals surface area contributed by atoms with Crippen molar-refractivity contribution >= 4 is 51.4 Å². The maximum Gasteiger partial charge on any atom is 0.0431 e. The molecule has 2 heteroatoms. The third-order valence-corrected chi connectivity index (χ3v) is 4.01. The molecule has 0 fully saturated rings. The van der Waals surface area contributed by atoms with Gasteiger partial charge < -0.3 is 5.11 Å². The SMILES string of the molecule is CCCCCCCCCCCCCCCCCCO.[K]. The Kier molecular flexibility index (Phi) is 27.3. The zero-order valence-corrected chi connectivity index (χ0v) is 17.6. The Labute approximate surface area is 171 Å². The molecule has 0 aromatic heterocycles. The van der Waals surface area contributed by atoms with Gasteiger partial charge in [0.05, 0.1) is 0 Å². The summed E-state index contributed by atoms with van der Waals surface area (Å²) in [7, 11) is 0. The van der Waals surface area contributed by atoms with Gasteiger partial charge in [0, 0.05) is 58.0 Å². The van der Waals surface area contributed by atoms with E-state index in [-0.39, 0.29) is 51.4 Å². The summed E-state index contributed by atoms with van der Waals surface area (Å²) in [6, 6.07) is 0. The molecule has 0 amide bonds. The third kappa shape index (κ3) is 21.9. The summed E-state index contributed by atoms with van der Waals surface area (Å²) in [5.74, 6) is 0. The molecule has 1 nitrogen and oxygen atoms in total. The molecule has 0 spiro atoms. The molecule has 117 valence electrons. The van der Waals surface area contributed by atoms with Gasteiger partial charge in [-0.3, -0.25) is 0 Å². The third-order valence-electron chi connectivity index (χ3n) is 4.01. The zero-order valence-electron chi connectivity index (χ0n) is 14.5. The van der Waals surface area contributed by atoms with Gasteiger partial charge in [-0.25, -0.2) is 0 Å². The van der Waals surface area contributed by atoms with Crippen LogP contribution in [0.25, 0.3) is 0 Å². The zero-order chi connectivity index (χ0) is 14.0. The van der Waals surface area contributed by atoms with Crippen LogP contribution in [0.5, 0.6) is 0 Å². The van der Waals surface area contributed by atoms with E-state index in [0.717, 1.165) is 6.42 Å². The first-order chi connectivity index (χ1) is 9.41. The van der Waals surface area contributed by atoms with Gasteiger partial charge >= 0.3 is 0 Å². The molecule has 0 aromatic rings. The number of hydrogen-bond donors (Lipinski definition) is 1. The molecule has 0 aliphatic heterocycles. The fourth-order valence-corrected chi connectivity index (χ4v) is 2.66. The number of hydrogen-bond acceptors (Lipinski definition) is 1. The largest absolute Gasteiger partial charge is 0.396 e. The Bertz CT molecular complexity index is 134. The summed E-state index contributed by atoms with van der Waals surface area (Å²) in [5, 5.41) is 8.67. The van der Waals surface area contributed by atoms with Crippen LogP contribution in [0, 0.1) is 0 Å². The van der Waals surface area contributed by atoms with Gasteiger partial charge in [0.2, 0.25) is 0 Å². The maximum absolute atomic E-state index is 8.67. The van der Waals surface area contributed by atoms with Crippen molar-refractivity contribution in [1.82, 2.24) is 0 Å². The van der Waals surface area contributed by atoms with E-state index in [9.17, 15) is 0 Å². The van der Waals surface area contributed by atoms with Gasteiger partial charge in [-0.15, -0.1) is 0 Å². The molecule has 0 heterocycles. The molecule has 0 saturated heterocycles. The minimum absolute atomic E-state index is 0. The first kappa shape index (κ1) is 23.9. The van der Waals surface area contributed by atoms with Crippen LogP contribution in [-0.2, 0) is 0 Å². The summed E-state index contributed by atoms with van der Waals surface area (Å²) in [4.78, 5) is 0. The molecule has 0 aliphatic rings. The summed E-state index contributed by atoms with van der Waals surface area (Å²) in [6.07, 6.45) is 22.2. The Morgan fingerprint density at radius 2 is 0.700 bits per heavy atom. The van der Waals surface area contributed by atoms with E-state index in [4.69, 9.17) is 5.11 Å². The monoisotopic (exact) mass is 309 g/mol. The fraction of sp³-hybridized carbons (Fsp3) is 1.00. The Hall–Kier alpha value is 1.60. The topological polar surface area (TPSA) is 20.2 Å². The van der Waals surface area contributed by atoms with Crippen LogP contribution in [-0.4, -0.2) is 63.1 Å². The van der Waals surface area contributed by atoms with Gasteiger partial charge in [-0.2, -0.15) is 0 Å². The van der Waals surface area contributed by atoms with Crippen LogP contribution in [0.1, 0.15) is 110 Å². The number of aliphatic hydroxyl groups is 1. The second kappa shape index (κ2) is 22.9. The molecule has 1 radical (unpaired) electrons. The summed E-state index contributed by atoms with van der Waals surface area (Å²) >= 11 is 0. The Morgan fingerprint density at radius 3 is 0.950 bits per heavy atom. The normalized spacial score (nSPS) is 10.5. The van der Waals surface area contributed by atoms with Crippen LogP contribution in [0.15, 0.2) is 0 Å². The van der Waals surface area contributed by atoms with Crippen molar-refractivity contribution in [1.29, 1.82) is 0 Å². The molecule has 0 rings (SSSR count). The number of rotatable bonds is 16. The second-order valence-electron chi connectivity index (χ2n) is 6.03. The fourth-order valence-electron chi connectivity index (χ4n) is 2.66. The molecule has 1 N–H and O–H groups in total. The first-order valence-corrected chi connectivity index (χ1v) is 9.02. The smallest absolute Gasteiger partial charge is 0.0431 e. The quantitative estimate of drug-likeness (QED) is 0.280. The van der Waals surface area contributed by atoms with Crippen LogP contribution in [0.2, 0.25) is 0 Å². The van der Waals surface area contributed by atoms with Crippen LogP contribution >= 0.6 is 0 Å². The average Bonchev–Trinajstić information content (AvgIpc) is 2.43. The summed E-state index contributed by atoms with van der Waals surface area (Å²) in [5.41, 5.74) is 0. The van der Waals surface area contributed by atoms with E-state index in [2.05, 4.69) is 6.92 Å². The Morgan fingerprint density at radius 1 is 0.450 bits per heavy atom. The van der Waals surface area contributed by atoms with E-state index < -0.39 is 0 Å². The molecule has 0 bridgehead atoms. The summed E-state index contributed by atoms with van der Waals surface area (Å²) in [6.45, 7) is 2.66. The first-order valence-electron chi connectivity index (χ1n) is 9.02. The molecular weight excluding hydrogens is 271 g/mol. The van der Waals surface area contributed by atoms with Crippen LogP contribution in [0.4, 0.5) is 0 Å². The molecule has 0 saturated carbocycles. The van der Waals surface area contributed by atoms with Crippen molar-refractivity contribution in [2.45, 2.75) is 110 Å². The Balaban J connectivity index is 0. The number of unbranched alkanes of at least 4 members (excludes halogenated alkanes) is 15. The molecule has 0 atom stereocenters. The van der Waals surface area contributed by atoms with Crippen LogP contribution in [0.3, 0.4) is 0 Å². The minimum atomic E-state index is 0. The van der Waals surface area contributed by atoms with Gasteiger partial charge in [0.15, 0.2) is 0 Å². The predicted octanol–water partition coefficient (Wildman–Crippen LogP) is 5.86. The van der Waals surface area contributed by atoms with Gasteiger partial charge in [0.25, 0.3) is 0 Å². The van der Waals surface area contributed by atoms with Crippen LogP contribution < -0.4 is 0 Å². The molecular formula is C18H38KO.